The third kappa shape index (κ3) is 3.64. The molecular weight excluding hydrogens is 356 g/mol. The second kappa shape index (κ2) is 6.49. The van der Waals surface area contributed by atoms with Gasteiger partial charge in [0.15, 0.2) is 5.69 Å². The van der Waals surface area contributed by atoms with Crippen LogP contribution in [0.2, 0.25) is 0 Å². The van der Waals surface area contributed by atoms with Crippen molar-refractivity contribution in [1.29, 1.82) is 0 Å². The third-order valence-electron chi connectivity index (χ3n) is 4.66. The van der Waals surface area contributed by atoms with E-state index in [2.05, 4.69) is 15.2 Å². The molecule has 0 saturated heterocycles. The molecular formula is C17H20N4O4S. The first-order valence-electron chi connectivity index (χ1n) is 8.56. The summed E-state index contributed by atoms with van der Waals surface area (Å²) < 4.78 is 32.4. The van der Waals surface area contributed by atoms with Gasteiger partial charge in [-0.2, -0.15) is 0 Å². The molecule has 1 heterocycles. The number of hydrogen-bond donors (Lipinski definition) is 3. The van der Waals surface area contributed by atoms with E-state index in [9.17, 15) is 13.2 Å². The van der Waals surface area contributed by atoms with E-state index in [-0.39, 0.29) is 22.7 Å². The average Bonchev–Trinajstić information content (AvgIpc) is 3.30. The van der Waals surface area contributed by atoms with Gasteiger partial charge in [0.25, 0.3) is 5.91 Å². The highest BCUT2D eigenvalue weighted by molar-refractivity contribution is 7.89. The number of aromatic nitrogens is 1. The van der Waals surface area contributed by atoms with Gasteiger partial charge in [-0.3, -0.25) is 4.79 Å². The van der Waals surface area contributed by atoms with Gasteiger partial charge in [-0.15, -0.1) is 0 Å². The number of anilines is 1. The first-order chi connectivity index (χ1) is 12.4. The van der Waals surface area contributed by atoms with Crippen molar-refractivity contribution in [2.24, 2.45) is 5.73 Å². The summed E-state index contributed by atoms with van der Waals surface area (Å²) in [6.07, 6.45) is 3.42. The Kier molecular flexibility index (Phi) is 4.29. The van der Waals surface area contributed by atoms with Crippen LogP contribution in [0.4, 0.5) is 5.69 Å². The first-order valence-corrected chi connectivity index (χ1v) is 10.0. The topological polar surface area (TPSA) is 127 Å². The lowest BCUT2D eigenvalue weighted by Gasteiger charge is -2.32. The molecule has 1 amide bonds. The number of nitrogens with zero attached hydrogens (tertiary/aromatic N) is 1. The van der Waals surface area contributed by atoms with Gasteiger partial charge in [0, 0.05) is 29.8 Å². The van der Waals surface area contributed by atoms with Gasteiger partial charge >= 0.3 is 0 Å². The predicted molar refractivity (Wildman–Crippen MR) is 94.2 cm³/mol. The Balaban J connectivity index is 1.39. The van der Waals surface area contributed by atoms with E-state index in [1.165, 1.54) is 12.1 Å². The van der Waals surface area contributed by atoms with E-state index >= 15 is 0 Å². The van der Waals surface area contributed by atoms with Crippen molar-refractivity contribution in [3.8, 4) is 0 Å². The molecule has 0 atom stereocenters. The largest absolute Gasteiger partial charge is 0.360 e. The average molecular weight is 376 g/mol. The zero-order valence-electron chi connectivity index (χ0n) is 14.0. The monoisotopic (exact) mass is 376 g/mol. The molecule has 26 heavy (non-hydrogen) atoms. The molecule has 1 aromatic carbocycles. The summed E-state index contributed by atoms with van der Waals surface area (Å²) in [4.78, 5) is 12.3. The highest BCUT2D eigenvalue weighted by Crippen LogP contribution is 2.40. The predicted octanol–water partition coefficient (Wildman–Crippen LogP) is 1.57. The Bertz CT molecular complexity index is 912. The van der Waals surface area contributed by atoms with Gasteiger partial charge in [0.1, 0.15) is 5.76 Å². The molecule has 4 N–H and O–H groups in total. The lowest BCUT2D eigenvalue weighted by atomic mass is 9.89. The highest BCUT2D eigenvalue weighted by Gasteiger charge is 2.30. The van der Waals surface area contributed by atoms with Crippen molar-refractivity contribution in [1.82, 2.24) is 9.88 Å². The quantitative estimate of drug-likeness (QED) is 0.702. The number of nitrogens with one attached hydrogen (secondary N) is 2. The number of rotatable bonds is 6. The van der Waals surface area contributed by atoms with Gasteiger partial charge in [-0.1, -0.05) is 5.16 Å². The molecule has 2 aromatic rings. The molecule has 4 rings (SSSR count). The van der Waals surface area contributed by atoms with Crippen LogP contribution in [0, 0.1) is 0 Å². The van der Waals surface area contributed by atoms with E-state index in [1.807, 2.05) is 0 Å². The molecule has 2 saturated carbocycles. The van der Waals surface area contributed by atoms with Crippen LogP contribution in [-0.2, 0) is 10.0 Å². The van der Waals surface area contributed by atoms with Crippen molar-refractivity contribution in [3.63, 3.8) is 0 Å². The summed E-state index contributed by atoms with van der Waals surface area (Å²) in [5.41, 5.74) is 6.37. The normalized spacial score (nSPS) is 22.7. The molecule has 9 heteroatoms. The van der Waals surface area contributed by atoms with Crippen molar-refractivity contribution in [3.05, 3.63) is 41.8 Å². The smallest absolute Gasteiger partial charge is 0.277 e. The van der Waals surface area contributed by atoms with Gasteiger partial charge in [0.2, 0.25) is 10.0 Å². The van der Waals surface area contributed by atoms with Crippen molar-refractivity contribution >= 4 is 21.6 Å². The molecule has 2 aliphatic carbocycles. The summed E-state index contributed by atoms with van der Waals surface area (Å²) in [5.74, 6) is 0.725. The molecule has 2 fully saturated rings. The van der Waals surface area contributed by atoms with Gasteiger partial charge in [-0.05, 0) is 49.9 Å². The van der Waals surface area contributed by atoms with Crippen LogP contribution in [0.5, 0.6) is 0 Å². The molecule has 0 bridgehead atoms. The number of carbonyl (C=O) groups is 1. The fourth-order valence-electron chi connectivity index (χ4n) is 2.91. The third-order valence-corrected chi connectivity index (χ3v) is 6.20. The van der Waals surface area contributed by atoms with Crippen LogP contribution in [0.3, 0.4) is 0 Å². The summed E-state index contributed by atoms with van der Waals surface area (Å²) in [5, 5.41) is 6.47. The lowest BCUT2D eigenvalue weighted by Crippen LogP contribution is -2.50. The SMILES string of the molecule is NC1CC(NS(=O)(=O)c2ccc(NC(=O)c3cc(C4CC4)on3)cc2)C1. The number of hydrogen-bond acceptors (Lipinski definition) is 6. The molecule has 8 nitrogen and oxygen atoms in total. The van der Waals surface area contributed by atoms with Crippen LogP contribution in [0.15, 0.2) is 39.8 Å². The number of nitrogens with two attached hydrogens (primary N) is 1. The van der Waals surface area contributed by atoms with E-state index in [4.69, 9.17) is 10.3 Å². The summed E-state index contributed by atoms with van der Waals surface area (Å²) in [6.45, 7) is 0. The van der Waals surface area contributed by atoms with Crippen LogP contribution >= 0.6 is 0 Å². The summed E-state index contributed by atoms with van der Waals surface area (Å²) in [6, 6.07) is 7.60. The first kappa shape index (κ1) is 17.2. The second-order valence-electron chi connectivity index (χ2n) is 6.92. The van der Waals surface area contributed by atoms with Crippen LogP contribution < -0.4 is 15.8 Å². The lowest BCUT2D eigenvalue weighted by molar-refractivity contribution is 0.101. The molecule has 1 aromatic heterocycles. The minimum Gasteiger partial charge on any atom is -0.360 e. The minimum absolute atomic E-state index is 0.0669. The Morgan fingerprint density at radius 1 is 1.19 bits per heavy atom. The molecule has 0 spiro atoms. The molecule has 0 radical (unpaired) electrons. The fraction of sp³-hybridized carbons (Fsp3) is 0.412. The van der Waals surface area contributed by atoms with Crippen LogP contribution in [-0.4, -0.2) is 31.6 Å². The van der Waals surface area contributed by atoms with Crippen molar-refractivity contribution < 1.29 is 17.7 Å². The van der Waals surface area contributed by atoms with E-state index in [0.29, 0.717) is 24.4 Å². The second-order valence-corrected chi connectivity index (χ2v) is 8.63. The zero-order valence-corrected chi connectivity index (χ0v) is 14.8. The molecule has 2 aliphatic rings. The van der Waals surface area contributed by atoms with Crippen LogP contribution in [0.1, 0.15) is 47.8 Å². The van der Waals surface area contributed by atoms with Gasteiger partial charge < -0.3 is 15.6 Å². The Morgan fingerprint density at radius 3 is 2.50 bits per heavy atom. The Hall–Kier alpha value is -2.23. The van der Waals surface area contributed by atoms with E-state index in [1.54, 1.807) is 18.2 Å². The highest BCUT2D eigenvalue weighted by atomic mass is 32.2. The molecule has 0 unspecified atom stereocenters. The standard InChI is InChI=1S/C17H20N4O4S/c18-11-7-13(8-11)21-26(23,24)14-5-3-12(4-6-14)19-17(22)15-9-16(25-20-15)10-1-2-10/h3-6,9-11,13,21H,1-2,7-8,18H2,(H,19,22). The van der Waals surface area contributed by atoms with E-state index in [0.717, 1.165) is 18.6 Å². The molecule has 0 aliphatic heterocycles. The number of benzene rings is 1. The van der Waals surface area contributed by atoms with Gasteiger partial charge in [-0.25, -0.2) is 13.1 Å². The maximum atomic E-state index is 12.3. The Labute approximate surface area is 151 Å². The Morgan fingerprint density at radius 2 is 1.88 bits per heavy atom. The number of sulfonamides is 1. The van der Waals surface area contributed by atoms with Crippen molar-refractivity contribution in [2.45, 2.75) is 48.6 Å². The molecule has 138 valence electrons. The fourth-order valence-corrected chi connectivity index (χ4v) is 4.18. The van der Waals surface area contributed by atoms with Crippen molar-refractivity contribution in [2.75, 3.05) is 5.32 Å². The number of carbonyl (C=O) groups excluding carboxylic acids is 1. The van der Waals surface area contributed by atoms with E-state index < -0.39 is 15.9 Å². The minimum atomic E-state index is -3.59. The van der Waals surface area contributed by atoms with Crippen LogP contribution in [0.25, 0.3) is 0 Å². The van der Waals surface area contributed by atoms with Gasteiger partial charge in [0.05, 0.1) is 4.90 Å². The summed E-state index contributed by atoms with van der Waals surface area (Å²) >= 11 is 0. The number of amides is 1. The maximum absolute atomic E-state index is 12.3. The summed E-state index contributed by atoms with van der Waals surface area (Å²) in [7, 11) is -3.59. The zero-order chi connectivity index (χ0) is 18.3. The maximum Gasteiger partial charge on any atom is 0.277 e.